The highest BCUT2D eigenvalue weighted by atomic mass is 16.7. The summed E-state index contributed by atoms with van der Waals surface area (Å²) in [6.45, 7) is 2.87. The molecule has 14 heteroatoms. The summed E-state index contributed by atoms with van der Waals surface area (Å²) in [6.07, 6.45) is 32.1. The predicted octanol–water partition coefficient (Wildman–Crippen LogP) is 9.50. The summed E-state index contributed by atoms with van der Waals surface area (Å²) >= 11 is 0. The Morgan fingerprint density at radius 2 is 0.887 bits per heavy atom. The Balaban J connectivity index is 1.75. The van der Waals surface area contributed by atoms with Crippen LogP contribution in [0.2, 0.25) is 0 Å². The molecule has 0 aromatic heterocycles. The van der Waals surface area contributed by atoms with Gasteiger partial charge in [-0.3, -0.25) is 4.79 Å². The molecule has 12 atom stereocenters. The van der Waals surface area contributed by atoms with Crippen molar-refractivity contribution in [3.05, 3.63) is 12.2 Å². The minimum atomic E-state index is -1.78. The lowest BCUT2D eigenvalue weighted by Crippen LogP contribution is -2.65. The zero-order valence-corrected chi connectivity index (χ0v) is 45.0. The molecular formula is C57H109NO13. The first-order valence-electron chi connectivity index (χ1n) is 29.4. The molecule has 2 fully saturated rings. The summed E-state index contributed by atoms with van der Waals surface area (Å²) in [7, 11) is 0. The number of aliphatic hydroxyl groups is 8. The van der Waals surface area contributed by atoms with Crippen LogP contribution in [0.4, 0.5) is 0 Å². The average molecular weight is 1020 g/mol. The second-order valence-corrected chi connectivity index (χ2v) is 21.1. The first-order valence-corrected chi connectivity index (χ1v) is 29.4. The van der Waals surface area contributed by atoms with Crippen LogP contribution in [0.25, 0.3) is 0 Å². The normalized spacial score (nSPS) is 25.8. The molecule has 0 aliphatic carbocycles. The molecular weight excluding hydrogens is 907 g/mol. The van der Waals surface area contributed by atoms with Crippen molar-refractivity contribution in [3.63, 3.8) is 0 Å². The molecule has 0 saturated carbocycles. The van der Waals surface area contributed by atoms with E-state index in [-0.39, 0.29) is 12.5 Å². The number of unbranched alkanes of at least 4 members (excludes halogenated alkanes) is 32. The van der Waals surface area contributed by atoms with Crippen molar-refractivity contribution in [1.82, 2.24) is 5.32 Å². The minimum Gasteiger partial charge on any atom is -0.394 e. The Hall–Kier alpha value is -1.27. The van der Waals surface area contributed by atoms with Crippen molar-refractivity contribution >= 4 is 5.91 Å². The van der Waals surface area contributed by atoms with Crippen molar-refractivity contribution in [1.29, 1.82) is 0 Å². The topological polar surface area (TPSA) is 228 Å². The van der Waals surface area contributed by atoms with Crippen LogP contribution in [0.5, 0.6) is 0 Å². The van der Waals surface area contributed by atoms with E-state index < -0.39 is 86.8 Å². The van der Waals surface area contributed by atoms with Crippen LogP contribution >= 0.6 is 0 Å². The van der Waals surface area contributed by atoms with E-state index in [1.165, 1.54) is 154 Å². The average Bonchev–Trinajstić information content (AvgIpc) is 3.37. The van der Waals surface area contributed by atoms with Crippen LogP contribution in [0, 0.1) is 0 Å². The fraction of sp³-hybridized carbons (Fsp3) is 0.947. The summed E-state index contributed by atoms with van der Waals surface area (Å²) in [4.78, 5) is 13.2. The first kappa shape index (κ1) is 65.8. The van der Waals surface area contributed by atoms with Crippen molar-refractivity contribution < 1.29 is 64.6 Å². The molecule has 2 aliphatic rings. The Labute approximate surface area is 431 Å². The fourth-order valence-corrected chi connectivity index (χ4v) is 9.94. The number of nitrogens with one attached hydrogen (secondary N) is 1. The maximum absolute atomic E-state index is 13.2. The lowest BCUT2D eigenvalue weighted by Gasteiger charge is -2.46. The Kier molecular flexibility index (Phi) is 40.7. The molecule has 420 valence electrons. The van der Waals surface area contributed by atoms with E-state index in [1.54, 1.807) is 0 Å². The van der Waals surface area contributed by atoms with Crippen molar-refractivity contribution in [2.75, 3.05) is 19.8 Å². The first-order chi connectivity index (χ1) is 34.6. The van der Waals surface area contributed by atoms with Crippen molar-refractivity contribution in [2.45, 2.75) is 325 Å². The number of ether oxygens (including phenoxy) is 4. The highest BCUT2D eigenvalue weighted by Gasteiger charge is 2.51. The zero-order valence-electron chi connectivity index (χ0n) is 45.0. The van der Waals surface area contributed by atoms with Crippen LogP contribution in [0.3, 0.4) is 0 Å². The summed E-state index contributed by atoms with van der Waals surface area (Å²) in [6, 6.07) is -0.829. The standard InChI is InChI=1S/C57H109NO13/c1-3-5-7-9-11-13-15-17-19-20-21-22-23-24-25-27-28-30-32-34-36-38-40-46(61)45(58-49(62)41-39-37-35-33-31-29-26-18-16-14-12-10-8-6-4-2)44-68-56-54(67)52(65)55(48(43-60)70-56)71-57-53(66)51(64)50(63)47(42-59)69-57/h18,26,45-48,50-57,59-61,63-67H,3-17,19-25,27-44H2,1-2H3,(H,58,62)/b26-18-. The molecule has 0 radical (unpaired) electrons. The SMILES string of the molecule is CCCCCCCC/C=C\CCCCCCCC(=O)NC(COC1OC(CO)C(OC2OC(CO)C(O)C(O)C2O)C(O)C1O)C(O)CCCCCCCCCCCCCCCCCCCCCCCC. The van der Waals surface area contributed by atoms with Crippen molar-refractivity contribution in [2.24, 2.45) is 0 Å². The molecule has 0 spiro atoms. The Morgan fingerprint density at radius 1 is 0.493 bits per heavy atom. The monoisotopic (exact) mass is 1020 g/mol. The van der Waals surface area contributed by atoms with Crippen LogP contribution in [-0.4, -0.2) is 140 Å². The van der Waals surface area contributed by atoms with E-state index in [9.17, 15) is 45.6 Å². The maximum Gasteiger partial charge on any atom is 0.220 e. The second kappa shape index (κ2) is 43.9. The summed E-state index contributed by atoms with van der Waals surface area (Å²) in [5, 5.41) is 87.2. The Bertz CT molecular complexity index is 1240. The number of carbonyl (C=O) groups is 1. The van der Waals surface area contributed by atoms with E-state index in [0.717, 1.165) is 64.2 Å². The molecule has 2 saturated heterocycles. The van der Waals surface area contributed by atoms with E-state index in [0.29, 0.717) is 19.3 Å². The van der Waals surface area contributed by atoms with Gasteiger partial charge in [-0.05, 0) is 38.5 Å². The smallest absolute Gasteiger partial charge is 0.220 e. The van der Waals surface area contributed by atoms with E-state index in [4.69, 9.17) is 18.9 Å². The van der Waals surface area contributed by atoms with Crippen LogP contribution in [0.15, 0.2) is 12.2 Å². The van der Waals surface area contributed by atoms with Gasteiger partial charge < -0.3 is 65.1 Å². The molecule has 71 heavy (non-hydrogen) atoms. The highest BCUT2D eigenvalue weighted by molar-refractivity contribution is 5.76. The lowest BCUT2D eigenvalue weighted by atomic mass is 9.97. The predicted molar refractivity (Wildman–Crippen MR) is 282 cm³/mol. The van der Waals surface area contributed by atoms with Gasteiger partial charge in [0, 0.05) is 6.42 Å². The molecule has 9 N–H and O–H groups in total. The number of hydrogen-bond acceptors (Lipinski definition) is 13. The fourth-order valence-electron chi connectivity index (χ4n) is 9.94. The third-order valence-electron chi connectivity index (χ3n) is 14.7. The number of rotatable bonds is 47. The van der Waals surface area contributed by atoms with Crippen molar-refractivity contribution in [3.8, 4) is 0 Å². The van der Waals surface area contributed by atoms with Crippen LogP contribution < -0.4 is 5.32 Å². The van der Waals surface area contributed by atoms with Gasteiger partial charge in [-0.25, -0.2) is 0 Å². The van der Waals surface area contributed by atoms with E-state index in [1.807, 2.05) is 0 Å². The zero-order chi connectivity index (χ0) is 51.7. The number of allylic oxidation sites excluding steroid dienone is 2. The number of aliphatic hydroxyl groups excluding tert-OH is 8. The summed E-state index contributed by atoms with van der Waals surface area (Å²) in [5.74, 6) is -0.212. The third kappa shape index (κ3) is 30.2. The maximum atomic E-state index is 13.2. The Morgan fingerprint density at radius 3 is 1.34 bits per heavy atom. The summed E-state index contributed by atoms with van der Waals surface area (Å²) in [5.41, 5.74) is 0. The van der Waals surface area contributed by atoms with Gasteiger partial charge >= 0.3 is 0 Å². The molecule has 14 nitrogen and oxygen atoms in total. The van der Waals surface area contributed by atoms with Gasteiger partial charge in [0.05, 0.1) is 32.0 Å². The lowest BCUT2D eigenvalue weighted by molar-refractivity contribution is -0.359. The van der Waals surface area contributed by atoms with Gasteiger partial charge in [-0.2, -0.15) is 0 Å². The molecule has 0 aromatic carbocycles. The molecule has 2 rings (SSSR count). The van der Waals surface area contributed by atoms with Gasteiger partial charge in [-0.1, -0.05) is 219 Å². The van der Waals surface area contributed by atoms with Gasteiger partial charge in [0.25, 0.3) is 0 Å². The van der Waals surface area contributed by atoms with Crippen LogP contribution in [-0.2, 0) is 23.7 Å². The third-order valence-corrected chi connectivity index (χ3v) is 14.7. The largest absolute Gasteiger partial charge is 0.394 e. The minimum absolute atomic E-state index is 0.212. The molecule has 0 bridgehead atoms. The van der Waals surface area contributed by atoms with Crippen LogP contribution in [0.1, 0.15) is 251 Å². The van der Waals surface area contributed by atoms with Gasteiger partial charge in [0.2, 0.25) is 5.91 Å². The van der Waals surface area contributed by atoms with Gasteiger partial charge in [0.1, 0.15) is 48.8 Å². The number of carbonyl (C=O) groups excluding carboxylic acids is 1. The highest BCUT2D eigenvalue weighted by Crippen LogP contribution is 2.30. The van der Waals surface area contributed by atoms with Gasteiger partial charge in [-0.15, -0.1) is 0 Å². The summed E-state index contributed by atoms with van der Waals surface area (Å²) < 4.78 is 22.8. The quantitative estimate of drug-likeness (QED) is 0.0205. The number of hydrogen-bond donors (Lipinski definition) is 9. The second-order valence-electron chi connectivity index (χ2n) is 21.1. The number of amides is 1. The molecule has 2 aliphatic heterocycles. The molecule has 12 unspecified atom stereocenters. The molecule has 2 heterocycles. The van der Waals surface area contributed by atoms with Gasteiger partial charge in [0.15, 0.2) is 12.6 Å². The van der Waals surface area contributed by atoms with E-state index in [2.05, 4.69) is 31.3 Å². The molecule has 1 amide bonds. The molecule has 0 aromatic rings. The van der Waals surface area contributed by atoms with E-state index >= 15 is 0 Å².